The molecule has 0 aliphatic carbocycles. The van der Waals surface area contributed by atoms with E-state index in [-0.39, 0.29) is 30.9 Å². The summed E-state index contributed by atoms with van der Waals surface area (Å²) in [6.45, 7) is 1.95. The minimum absolute atomic E-state index is 0.170. The highest BCUT2D eigenvalue weighted by atomic mass is 32.2. The molecule has 182 valence electrons. The van der Waals surface area contributed by atoms with Gasteiger partial charge >= 0.3 is 12.1 Å². The number of carbonyl (C=O) groups is 3. The lowest BCUT2D eigenvalue weighted by Crippen LogP contribution is -2.46. The van der Waals surface area contributed by atoms with Gasteiger partial charge in [0.25, 0.3) is 5.91 Å². The van der Waals surface area contributed by atoms with Gasteiger partial charge in [-0.3, -0.25) is 9.59 Å². The molecule has 1 aromatic heterocycles. The second kappa shape index (κ2) is 11.4. The lowest BCUT2D eigenvalue weighted by Gasteiger charge is -2.28. The number of anilines is 1. The number of hydrogen-bond acceptors (Lipinski definition) is 7. The maximum absolute atomic E-state index is 13.7. The zero-order valence-electron chi connectivity index (χ0n) is 19.5. The van der Waals surface area contributed by atoms with Crippen LogP contribution in [0.15, 0.2) is 77.0 Å². The van der Waals surface area contributed by atoms with Gasteiger partial charge in [-0.25, -0.2) is 4.79 Å². The van der Waals surface area contributed by atoms with Crippen LogP contribution < -0.4 is 4.90 Å². The van der Waals surface area contributed by atoms with Crippen molar-refractivity contribution in [3.63, 3.8) is 0 Å². The zero-order valence-corrected chi connectivity index (χ0v) is 21.1. The van der Waals surface area contributed by atoms with Gasteiger partial charge in [-0.05, 0) is 29.1 Å². The van der Waals surface area contributed by atoms with Crippen LogP contribution in [0.4, 0.5) is 10.5 Å². The topological polar surface area (TPSA) is 76.2 Å². The number of benzene rings is 2. The average molecular weight is 511 g/mol. The molecule has 0 fully saturated rings. The number of fused-ring (bicyclic) bond motifs is 1. The molecule has 0 bridgehead atoms. The van der Waals surface area contributed by atoms with Crippen molar-refractivity contribution in [3.05, 3.63) is 82.6 Å². The molecule has 2 aromatic carbocycles. The van der Waals surface area contributed by atoms with E-state index in [2.05, 4.69) is 0 Å². The van der Waals surface area contributed by atoms with Gasteiger partial charge in [-0.2, -0.15) is 0 Å². The number of carbonyl (C=O) groups excluding carboxylic acids is 3. The fourth-order valence-electron chi connectivity index (χ4n) is 3.73. The maximum atomic E-state index is 13.7. The van der Waals surface area contributed by atoms with Gasteiger partial charge in [0.15, 0.2) is 6.10 Å². The Hall–Kier alpha value is -3.30. The second-order valence-corrected chi connectivity index (χ2v) is 10.2. The first-order valence-electron chi connectivity index (χ1n) is 11.1. The molecule has 0 unspecified atom stereocenters. The molecule has 4 rings (SSSR count). The molecule has 0 radical (unpaired) electrons. The Morgan fingerprint density at radius 2 is 1.77 bits per heavy atom. The monoisotopic (exact) mass is 510 g/mol. The van der Waals surface area contributed by atoms with Crippen molar-refractivity contribution < 1.29 is 23.9 Å². The van der Waals surface area contributed by atoms with Crippen LogP contribution in [-0.4, -0.2) is 49.1 Å². The van der Waals surface area contributed by atoms with Crippen molar-refractivity contribution in [1.82, 2.24) is 4.90 Å². The van der Waals surface area contributed by atoms with Crippen molar-refractivity contribution in [2.45, 2.75) is 29.8 Å². The van der Waals surface area contributed by atoms with Crippen LogP contribution in [0.2, 0.25) is 0 Å². The summed E-state index contributed by atoms with van der Waals surface area (Å²) in [6, 6.07) is 20.9. The molecule has 2 heterocycles. The maximum Gasteiger partial charge on any atom is 0.409 e. The van der Waals surface area contributed by atoms with Crippen molar-refractivity contribution in [1.29, 1.82) is 0 Å². The molecule has 0 saturated carbocycles. The highest BCUT2D eigenvalue weighted by molar-refractivity contribution is 8.00. The number of nitrogens with zero attached hydrogens (tertiary/aromatic N) is 2. The third kappa shape index (κ3) is 6.04. The van der Waals surface area contributed by atoms with Crippen LogP contribution in [0.25, 0.3) is 0 Å². The van der Waals surface area contributed by atoms with Gasteiger partial charge in [-0.1, -0.05) is 48.5 Å². The summed E-state index contributed by atoms with van der Waals surface area (Å²) >= 11 is 3.03. The van der Waals surface area contributed by atoms with E-state index in [0.717, 1.165) is 21.0 Å². The summed E-state index contributed by atoms with van der Waals surface area (Å²) in [5.41, 5.74) is 1.62. The normalized spacial score (nSPS) is 17.3. The molecular weight excluding hydrogens is 484 g/mol. The number of para-hydroxylation sites is 1. The highest BCUT2D eigenvalue weighted by Crippen LogP contribution is 2.47. The van der Waals surface area contributed by atoms with E-state index in [4.69, 9.17) is 9.47 Å². The van der Waals surface area contributed by atoms with Crippen LogP contribution in [0.5, 0.6) is 0 Å². The van der Waals surface area contributed by atoms with Gasteiger partial charge in [0, 0.05) is 36.8 Å². The third-order valence-electron chi connectivity index (χ3n) is 5.49. The number of hydrogen-bond donors (Lipinski definition) is 0. The van der Waals surface area contributed by atoms with Gasteiger partial charge in [-0.15, -0.1) is 23.1 Å². The molecule has 3 aromatic rings. The van der Waals surface area contributed by atoms with Gasteiger partial charge in [0.2, 0.25) is 0 Å². The molecule has 2 atom stereocenters. The number of rotatable bonds is 7. The summed E-state index contributed by atoms with van der Waals surface area (Å²) < 4.78 is 11.0. The van der Waals surface area contributed by atoms with E-state index >= 15 is 0 Å². The predicted molar refractivity (Wildman–Crippen MR) is 137 cm³/mol. The molecule has 0 spiro atoms. The van der Waals surface area contributed by atoms with E-state index < -0.39 is 18.2 Å². The zero-order chi connectivity index (χ0) is 24.8. The Balaban J connectivity index is 1.52. The third-order valence-corrected chi connectivity index (χ3v) is 7.95. The molecule has 0 saturated heterocycles. The van der Waals surface area contributed by atoms with Crippen LogP contribution >= 0.6 is 23.1 Å². The number of thiophene rings is 1. The molecule has 1 aliphatic rings. The van der Waals surface area contributed by atoms with Crippen molar-refractivity contribution in [2.24, 2.45) is 0 Å². The summed E-state index contributed by atoms with van der Waals surface area (Å²) in [4.78, 5) is 43.1. The largest absolute Gasteiger partial charge is 0.451 e. The fraction of sp³-hybridized carbons (Fsp3) is 0.269. The molecule has 9 heteroatoms. The summed E-state index contributed by atoms with van der Waals surface area (Å²) in [5, 5.41) is 1.57. The Morgan fingerprint density at radius 3 is 2.49 bits per heavy atom. The Morgan fingerprint density at radius 1 is 1.03 bits per heavy atom. The molecular formula is C26H26N2O5S2. The second-order valence-electron chi connectivity index (χ2n) is 8.00. The van der Waals surface area contributed by atoms with Gasteiger partial charge < -0.3 is 19.3 Å². The van der Waals surface area contributed by atoms with Crippen LogP contribution in [0, 0.1) is 0 Å². The minimum Gasteiger partial charge on any atom is -0.451 e. The molecule has 35 heavy (non-hydrogen) atoms. The number of amides is 2. The van der Waals surface area contributed by atoms with E-state index in [9.17, 15) is 14.4 Å². The van der Waals surface area contributed by atoms with E-state index in [0.29, 0.717) is 0 Å². The standard InChI is InChI=1S/C26H26N2O5S2/c1-18(29)33-23-24(22-13-8-16-34-22)35-21-12-7-6-11-20(21)28(25(23)30)15-14-27(2)26(31)32-17-19-9-4-3-5-10-19/h3-13,16,23-24H,14-15,17H2,1-2H3/t23-,24+/m1/s1. The Kier molecular flexibility index (Phi) is 8.09. The number of esters is 1. The lowest BCUT2D eigenvalue weighted by molar-refractivity contribution is -0.152. The first kappa shape index (κ1) is 24.8. The van der Waals surface area contributed by atoms with E-state index in [1.807, 2.05) is 72.1 Å². The first-order chi connectivity index (χ1) is 16.9. The molecule has 2 amide bonds. The van der Waals surface area contributed by atoms with Gasteiger partial charge in [0.05, 0.1) is 10.9 Å². The number of ether oxygens (including phenoxy) is 2. The first-order valence-corrected chi connectivity index (χ1v) is 12.9. The highest BCUT2D eigenvalue weighted by Gasteiger charge is 2.41. The quantitative estimate of drug-likeness (QED) is 0.410. The lowest BCUT2D eigenvalue weighted by atomic mass is 10.1. The predicted octanol–water partition coefficient (Wildman–Crippen LogP) is 5.13. The fourth-order valence-corrected chi connectivity index (χ4v) is 5.99. The Bertz CT molecular complexity index is 1170. The summed E-state index contributed by atoms with van der Waals surface area (Å²) in [5.74, 6) is -0.833. The Labute approximate surface area is 212 Å². The van der Waals surface area contributed by atoms with Crippen LogP contribution in [-0.2, 0) is 25.7 Å². The molecule has 1 aliphatic heterocycles. The van der Waals surface area contributed by atoms with E-state index in [1.54, 1.807) is 11.9 Å². The van der Waals surface area contributed by atoms with Crippen LogP contribution in [0.3, 0.4) is 0 Å². The van der Waals surface area contributed by atoms with E-state index in [1.165, 1.54) is 34.9 Å². The summed E-state index contributed by atoms with van der Waals surface area (Å²) in [6.07, 6.45) is -1.47. The van der Waals surface area contributed by atoms with Gasteiger partial charge in [0.1, 0.15) is 6.61 Å². The average Bonchev–Trinajstić information content (AvgIpc) is 3.37. The number of likely N-dealkylation sites (N-methyl/N-ethyl adjacent to an activating group) is 1. The van der Waals surface area contributed by atoms with Crippen LogP contribution in [0.1, 0.15) is 22.6 Å². The number of thioether (sulfide) groups is 1. The van der Waals surface area contributed by atoms with Crippen molar-refractivity contribution >= 4 is 46.8 Å². The minimum atomic E-state index is -0.987. The van der Waals surface area contributed by atoms with Crippen molar-refractivity contribution in [3.8, 4) is 0 Å². The summed E-state index contributed by atoms with van der Waals surface area (Å²) in [7, 11) is 1.63. The van der Waals surface area contributed by atoms with Crippen molar-refractivity contribution in [2.75, 3.05) is 25.0 Å². The molecule has 7 nitrogen and oxygen atoms in total. The SMILES string of the molecule is CC(=O)O[C@H]1C(=O)N(CCN(C)C(=O)OCc2ccccc2)c2ccccc2S[C@H]1c1cccs1. The molecule has 0 N–H and O–H groups in total. The smallest absolute Gasteiger partial charge is 0.409 e.